The molecule has 2 aromatic carbocycles. The Morgan fingerprint density at radius 2 is 1.41 bits per heavy atom. The minimum atomic E-state index is -0.00200. The fourth-order valence-electron chi connectivity index (χ4n) is 7.97. The van der Waals surface area contributed by atoms with Crippen LogP contribution in [-0.2, 0) is 0 Å². The molecule has 5 saturated carbocycles. The number of carbonyl (C=O) groups is 2. The van der Waals surface area contributed by atoms with Crippen LogP contribution in [0.15, 0.2) is 42.5 Å². The van der Waals surface area contributed by atoms with Gasteiger partial charge in [-0.25, -0.2) is 4.98 Å². The molecule has 0 aliphatic heterocycles. The van der Waals surface area contributed by atoms with Gasteiger partial charge in [0.1, 0.15) is 5.82 Å². The molecule has 8 rings (SSSR count). The van der Waals surface area contributed by atoms with E-state index in [1.807, 2.05) is 42.5 Å². The number of benzene rings is 2. The van der Waals surface area contributed by atoms with Crippen molar-refractivity contribution in [3.05, 3.63) is 53.6 Å². The first-order valence-corrected chi connectivity index (χ1v) is 14.3. The molecule has 0 unspecified atom stereocenters. The van der Waals surface area contributed by atoms with E-state index < -0.39 is 0 Å². The average molecular weight is 497 g/mol. The van der Waals surface area contributed by atoms with Crippen LogP contribution in [0, 0.1) is 23.7 Å². The Kier molecular flexibility index (Phi) is 5.78. The summed E-state index contributed by atoms with van der Waals surface area (Å²) >= 11 is 0. The lowest BCUT2D eigenvalue weighted by Crippen LogP contribution is -2.55. The molecule has 5 aliphatic rings. The monoisotopic (exact) mass is 496 g/mol. The van der Waals surface area contributed by atoms with Gasteiger partial charge >= 0.3 is 0 Å². The maximum atomic E-state index is 13.2. The second kappa shape index (κ2) is 9.30. The SMILES string of the molecule is O=C(NC1CCCCC1)c1ccc(-c2nc3cc(C(=O)NC4C5C[C@H]6C[C@@H](C5)C[C@@H]4C6)ccc3[nH]2)cc1. The van der Waals surface area contributed by atoms with E-state index in [1.165, 1.54) is 51.4 Å². The maximum Gasteiger partial charge on any atom is 0.251 e. The molecule has 0 radical (unpaired) electrons. The van der Waals surface area contributed by atoms with Gasteiger partial charge in [-0.2, -0.15) is 0 Å². The van der Waals surface area contributed by atoms with E-state index in [9.17, 15) is 9.59 Å². The number of rotatable bonds is 5. The molecular formula is C31H36N4O2. The van der Waals surface area contributed by atoms with Crippen molar-refractivity contribution >= 4 is 22.8 Å². The highest BCUT2D eigenvalue weighted by molar-refractivity contribution is 5.98. The fourth-order valence-corrected chi connectivity index (χ4v) is 7.97. The Labute approximate surface area is 218 Å². The Morgan fingerprint density at radius 3 is 2.11 bits per heavy atom. The quantitative estimate of drug-likeness (QED) is 0.414. The van der Waals surface area contributed by atoms with Crippen molar-refractivity contribution in [1.29, 1.82) is 0 Å². The Bertz CT molecular complexity index is 1290. The standard InChI is InChI=1S/C31H36N4O2/c36-30(32-25-4-2-1-3-5-25)21-8-6-20(7-9-21)29-33-26-11-10-22(17-27(26)34-29)31(37)35-28-23-13-18-12-19(15-23)16-24(28)14-18/h6-11,17-19,23-25,28H,1-5,12-16H2,(H,32,36)(H,33,34)(H,35,37)/t18-,19+,23-,24?,28?. The Morgan fingerprint density at radius 1 is 0.757 bits per heavy atom. The molecule has 3 aromatic rings. The van der Waals surface area contributed by atoms with E-state index in [2.05, 4.69) is 15.6 Å². The molecule has 37 heavy (non-hydrogen) atoms. The van der Waals surface area contributed by atoms with Crippen molar-refractivity contribution in [1.82, 2.24) is 20.6 Å². The summed E-state index contributed by atoms with van der Waals surface area (Å²) in [5, 5.41) is 6.59. The smallest absolute Gasteiger partial charge is 0.251 e. The number of hydrogen-bond acceptors (Lipinski definition) is 3. The third kappa shape index (κ3) is 4.45. The predicted molar refractivity (Wildman–Crippen MR) is 144 cm³/mol. The van der Waals surface area contributed by atoms with Gasteiger partial charge in [-0.05, 0) is 98.9 Å². The minimum absolute atomic E-state index is 0.00200. The second-order valence-corrected chi connectivity index (χ2v) is 12.1. The summed E-state index contributed by atoms with van der Waals surface area (Å²) in [6.07, 6.45) is 12.4. The predicted octanol–water partition coefficient (Wildman–Crippen LogP) is 5.85. The van der Waals surface area contributed by atoms with Crippen LogP contribution in [0.25, 0.3) is 22.4 Å². The van der Waals surface area contributed by atoms with E-state index in [0.29, 0.717) is 35.0 Å². The molecule has 1 aromatic heterocycles. The molecule has 1 heterocycles. The van der Waals surface area contributed by atoms with Gasteiger partial charge in [0.15, 0.2) is 0 Å². The van der Waals surface area contributed by atoms with Gasteiger partial charge < -0.3 is 15.6 Å². The number of H-pyrrole nitrogens is 1. The van der Waals surface area contributed by atoms with Crippen LogP contribution >= 0.6 is 0 Å². The molecule has 0 atom stereocenters. The number of aromatic amines is 1. The van der Waals surface area contributed by atoms with Crippen LogP contribution in [0.5, 0.6) is 0 Å². The first kappa shape index (κ1) is 23.0. The molecule has 4 bridgehead atoms. The Hall–Kier alpha value is -3.15. The van der Waals surface area contributed by atoms with Gasteiger partial charge in [0.05, 0.1) is 11.0 Å². The molecule has 192 valence electrons. The topological polar surface area (TPSA) is 86.9 Å². The summed E-state index contributed by atoms with van der Waals surface area (Å²) in [5.74, 6) is 3.88. The van der Waals surface area contributed by atoms with Crippen molar-refractivity contribution in [2.75, 3.05) is 0 Å². The number of carbonyl (C=O) groups excluding carboxylic acids is 2. The lowest BCUT2D eigenvalue weighted by atomic mass is 9.54. The number of nitrogens with zero attached hydrogens (tertiary/aromatic N) is 1. The van der Waals surface area contributed by atoms with Crippen molar-refractivity contribution in [2.45, 2.75) is 76.3 Å². The van der Waals surface area contributed by atoms with Crippen LogP contribution in [0.3, 0.4) is 0 Å². The zero-order chi connectivity index (χ0) is 24.9. The van der Waals surface area contributed by atoms with E-state index in [1.54, 1.807) is 0 Å². The molecule has 6 nitrogen and oxygen atoms in total. The summed E-state index contributed by atoms with van der Waals surface area (Å²) in [6.45, 7) is 0. The Balaban J connectivity index is 1.04. The second-order valence-electron chi connectivity index (χ2n) is 12.1. The average Bonchev–Trinajstić information content (AvgIpc) is 3.34. The molecule has 5 aliphatic carbocycles. The van der Waals surface area contributed by atoms with Gasteiger partial charge in [-0.1, -0.05) is 31.4 Å². The molecule has 0 saturated heterocycles. The van der Waals surface area contributed by atoms with Crippen molar-refractivity contribution in [3.63, 3.8) is 0 Å². The largest absolute Gasteiger partial charge is 0.349 e. The first-order chi connectivity index (χ1) is 18.1. The molecule has 2 amide bonds. The number of nitrogens with one attached hydrogen (secondary N) is 3. The molecular weight excluding hydrogens is 460 g/mol. The zero-order valence-electron chi connectivity index (χ0n) is 21.3. The first-order valence-electron chi connectivity index (χ1n) is 14.3. The number of amides is 2. The third-order valence-corrected chi connectivity index (χ3v) is 9.63. The summed E-state index contributed by atoms with van der Waals surface area (Å²) in [7, 11) is 0. The highest BCUT2D eigenvalue weighted by Crippen LogP contribution is 2.53. The number of imidazole rings is 1. The molecule has 3 N–H and O–H groups in total. The van der Waals surface area contributed by atoms with Crippen LogP contribution in [0.4, 0.5) is 0 Å². The van der Waals surface area contributed by atoms with Crippen LogP contribution in [0.1, 0.15) is 84.9 Å². The number of aromatic nitrogens is 2. The van der Waals surface area contributed by atoms with Crippen LogP contribution < -0.4 is 10.6 Å². The fraction of sp³-hybridized carbons (Fsp3) is 0.516. The third-order valence-electron chi connectivity index (χ3n) is 9.63. The normalized spacial score (nSPS) is 28.9. The minimum Gasteiger partial charge on any atom is -0.349 e. The van der Waals surface area contributed by atoms with Crippen molar-refractivity contribution < 1.29 is 9.59 Å². The van der Waals surface area contributed by atoms with E-state index in [0.717, 1.165) is 47.1 Å². The molecule has 6 heteroatoms. The number of fused-ring (bicyclic) bond motifs is 1. The van der Waals surface area contributed by atoms with Gasteiger partial charge in [0, 0.05) is 28.8 Å². The highest BCUT2D eigenvalue weighted by Gasteiger charge is 2.48. The van der Waals surface area contributed by atoms with Gasteiger partial charge in [-0.3, -0.25) is 9.59 Å². The number of hydrogen-bond donors (Lipinski definition) is 3. The van der Waals surface area contributed by atoms with Gasteiger partial charge in [0.2, 0.25) is 0 Å². The summed E-state index contributed by atoms with van der Waals surface area (Å²) in [5.41, 5.74) is 3.96. The van der Waals surface area contributed by atoms with Crippen molar-refractivity contribution in [2.24, 2.45) is 23.7 Å². The van der Waals surface area contributed by atoms with Gasteiger partial charge in [0.25, 0.3) is 11.8 Å². The summed E-state index contributed by atoms with van der Waals surface area (Å²) < 4.78 is 0. The maximum absolute atomic E-state index is 13.2. The van der Waals surface area contributed by atoms with Crippen LogP contribution in [-0.4, -0.2) is 33.9 Å². The van der Waals surface area contributed by atoms with Gasteiger partial charge in [-0.15, -0.1) is 0 Å². The van der Waals surface area contributed by atoms with E-state index >= 15 is 0 Å². The summed E-state index contributed by atoms with van der Waals surface area (Å²) in [4.78, 5) is 34.0. The van der Waals surface area contributed by atoms with Crippen molar-refractivity contribution in [3.8, 4) is 11.4 Å². The molecule has 5 fully saturated rings. The van der Waals surface area contributed by atoms with Crippen LogP contribution in [0.2, 0.25) is 0 Å². The lowest BCUT2D eigenvalue weighted by Gasteiger charge is -2.54. The highest BCUT2D eigenvalue weighted by atomic mass is 16.2. The summed E-state index contributed by atoms with van der Waals surface area (Å²) in [6, 6.07) is 14.0. The molecule has 0 spiro atoms. The van der Waals surface area contributed by atoms with E-state index in [-0.39, 0.29) is 11.8 Å². The zero-order valence-corrected chi connectivity index (χ0v) is 21.3. The lowest BCUT2D eigenvalue weighted by molar-refractivity contribution is -0.0119. The van der Waals surface area contributed by atoms with E-state index in [4.69, 9.17) is 4.98 Å².